The van der Waals surface area contributed by atoms with Crippen molar-refractivity contribution < 1.29 is 18.8 Å². The highest BCUT2D eigenvalue weighted by atomic mass is 16.7. The predicted molar refractivity (Wildman–Crippen MR) is 75.8 cm³/mol. The fraction of sp³-hybridized carbons (Fsp3) is 0.467. The first-order chi connectivity index (χ1) is 10.3. The number of benzene rings is 1. The molecular weight excluding hydrogens is 272 g/mol. The molecule has 21 heavy (non-hydrogen) atoms. The monoisotopic (exact) mass is 290 g/mol. The van der Waals surface area contributed by atoms with Crippen molar-refractivity contribution in [2.75, 3.05) is 26.9 Å². The van der Waals surface area contributed by atoms with E-state index in [9.17, 15) is 4.79 Å². The molecule has 0 saturated carbocycles. The van der Waals surface area contributed by atoms with Gasteiger partial charge in [0.05, 0.1) is 13.2 Å². The molecule has 1 saturated heterocycles. The molecule has 1 aliphatic heterocycles. The molecule has 0 spiro atoms. The molecule has 2 aromatic rings. The predicted octanol–water partition coefficient (Wildman–Crippen LogP) is 2.18. The summed E-state index contributed by atoms with van der Waals surface area (Å²) in [5.41, 5.74) is 1.92. The van der Waals surface area contributed by atoms with Gasteiger partial charge in [0.1, 0.15) is 5.52 Å². The Labute approximate surface area is 122 Å². The van der Waals surface area contributed by atoms with Crippen molar-refractivity contribution in [2.45, 2.75) is 19.3 Å². The molecule has 0 aliphatic carbocycles. The first-order valence-electron chi connectivity index (χ1n) is 7.11. The van der Waals surface area contributed by atoms with Crippen LogP contribution >= 0.6 is 0 Å². The number of hydrogen-bond donors (Lipinski definition) is 0. The molecule has 1 aromatic heterocycles. The summed E-state index contributed by atoms with van der Waals surface area (Å²) in [6.45, 7) is 1.78. The molecule has 3 rings (SSSR count). The Bertz CT molecular complexity index is 632. The lowest BCUT2D eigenvalue weighted by Crippen LogP contribution is -2.35. The van der Waals surface area contributed by atoms with Gasteiger partial charge in [-0.05, 0) is 31.0 Å². The minimum atomic E-state index is -0.133. The number of aromatic nitrogens is 1. The first kappa shape index (κ1) is 14.0. The van der Waals surface area contributed by atoms with Crippen LogP contribution < -0.4 is 0 Å². The molecule has 6 heteroatoms. The van der Waals surface area contributed by atoms with Gasteiger partial charge in [0.25, 0.3) is 5.91 Å². The van der Waals surface area contributed by atoms with E-state index in [0.717, 1.165) is 18.4 Å². The molecule has 1 fully saturated rings. The average molecular weight is 290 g/mol. The van der Waals surface area contributed by atoms with Crippen molar-refractivity contribution in [3.8, 4) is 0 Å². The largest absolute Gasteiger partial charge is 0.441 e. The smallest absolute Gasteiger partial charge is 0.277 e. The van der Waals surface area contributed by atoms with E-state index < -0.39 is 0 Å². The molecule has 1 aromatic carbocycles. The summed E-state index contributed by atoms with van der Waals surface area (Å²) in [6.07, 6.45) is 2.58. The second kappa shape index (κ2) is 6.24. The Balaban J connectivity index is 1.81. The zero-order valence-electron chi connectivity index (χ0n) is 12.0. The van der Waals surface area contributed by atoms with E-state index in [1.165, 1.54) is 5.06 Å². The Hall–Kier alpha value is -1.92. The standard InChI is InChI=1S/C15H18N2O4/c1-19-9-6-14-16-12-5-4-11(10-13(12)21-14)15(18)17-7-2-3-8-20-17/h4-5,10H,2-3,6-9H2,1H3. The molecule has 0 radical (unpaired) electrons. The molecule has 6 nitrogen and oxygen atoms in total. The van der Waals surface area contributed by atoms with Gasteiger partial charge in [-0.2, -0.15) is 0 Å². The molecule has 0 atom stereocenters. The van der Waals surface area contributed by atoms with Gasteiger partial charge in [0.15, 0.2) is 11.5 Å². The molecule has 1 aliphatic rings. The van der Waals surface area contributed by atoms with Crippen molar-refractivity contribution >= 4 is 17.0 Å². The topological polar surface area (TPSA) is 64.8 Å². The quantitative estimate of drug-likeness (QED) is 0.863. The maximum absolute atomic E-state index is 12.3. The van der Waals surface area contributed by atoms with Crippen LogP contribution in [-0.4, -0.2) is 42.8 Å². The summed E-state index contributed by atoms with van der Waals surface area (Å²) < 4.78 is 10.7. The Morgan fingerprint density at radius 3 is 3.10 bits per heavy atom. The summed E-state index contributed by atoms with van der Waals surface area (Å²) in [5, 5.41) is 1.42. The van der Waals surface area contributed by atoms with E-state index >= 15 is 0 Å². The van der Waals surface area contributed by atoms with Crippen LogP contribution in [-0.2, 0) is 16.0 Å². The fourth-order valence-electron chi connectivity index (χ4n) is 2.30. The van der Waals surface area contributed by atoms with E-state index in [1.54, 1.807) is 25.3 Å². The van der Waals surface area contributed by atoms with Gasteiger partial charge in [-0.1, -0.05) is 0 Å². The van der Waals surface area contributed by atoms with Gasteiger partial charge in [-0.25, -0.2) is 10.0 Å². The Kier molecular flexibility index (Phi) is 4.17. The third kappa shape index (κ3) is 3.06. The van der Waals surface area contributed by atoms with Crippen molar-refractivity contribution in [2.24, 2.45) is 0 Å². The van der Waals surface area contributed by atoms with Crippen LogP contribution in [0.5, 0.6) is 0 Å². The fourth-order valence-corrected chi connectivity index (χ4v) is 2.30. The maximum atomic E-state index is 12.3. The Morgan fingerprint density at radius 1 is 1.43 bits per heavy atom. The van der Waals surface area contributed by atoms with Gasteiger partial charge in [-0.15, -0.1) is 0 Å². The molecule has 112 valence electrons. The van der Waals surface area contributed by atoms with Gasteiger partial charge < -0.3 is 9.15 Å². The van der Waals surface area contributed by atoms with E-state index in [-0.39, 0.29) is 5.91 Å². The van der Waals surface area contributed by atoms with E-state index in [4.69, 9.17) is 14.0 Å². The zero-order chi connectivity index (χ0) is 14.7. The molecule has 0 N–H and O–H groups in total. The number of hydroxylamine groups is 2. The minimum absolute atomic E-state index is 0.133. The summed E-state index contributed by atoms with van der Waals surface area (Å²) in [7, 11) is 1.64. The van der Waals surface area contributed by atoms with Gasteiger partial charge in [-0.3, -0.25) is 9.63 Å². The third-order valence-electron chi connectivity index (χ3n) is 3.43. The van der Waals surface area contributed by atoms with Crippen LogP contribution in [0.4, 0.5) is 0 Å². The lowest BCUT2D eigenvalue weighted by atomic mass is 10.2. The first-order valence-corrected chi connectivity index (χ1v) is 7.11. The van der Waals surface area contributed by atoms with Crippen molar-refractivity contribution in [1.82, 2.24) is 10.0 Å². The highest BCUT2D eigenvalue weighted by Crippen LogP contribution is 2.20. The van der Waals surface area contributed by atoms with E-state index in [0.29, 0.717) is 43.2 Å². The van der Waals surface area contributed by atoms with Crippen LogP contribution in [0.25, 0.3) is 11.1 Å². The van der Waals surface area contributed by atoms with Crippen LogP contribution in [0.1, 0.15) is 29.1 Å². The number of carbonyl (C=O) groups excluding carboxylic acids is 1. The maximum Gasteiger partial charge on any atom is 0.277 e. The molecular formula is C15H18N2O4. The molecule has 2 heterocycles. The number of nitrogens with zero attached hydrogens (tertiary/aromatic N) is 2. The minimum Gasteiger partial charge on any atom is -0.441 e. The normalized spacial score (nSPS) is 15.6. The second-order valence-electron chi connectivity index (χ2n) is 4.98. The van der Waals surface area contributed by atoms with Gasteiger partial charge in [0.2, 0.25) is 0 Å². The van der Waals surface area contributed by atoms with E-state index in [2.05, 4.69) is 4.98 Å². The number of ether oxygens (including phenoxy) is 1. The van der Waals surface area contributed by atoms with Gasteiger partial charge in [0, 0.05) is 25.6 Å². The average Bonchev–Trinajstić information content (AvgIpc) is 2.95. The number of fused-ring (bicyclic) bond motifs is 1. The summed E-state index contributed by atoms with van der Waals surface area (Å²) in [6, 6.07) is 5.27. The highest BCUT2D eigenvalue weighted by molar-refractivity contribution is 5.96. The number of carbonyl (C=O) groups is 1. The van der Waals surface area contributed by atoms with Crippen molar-refractivity contribution in [1.29, 1.82) is 0 Å². The SMILES string of the molecule is COCCc1nc2ccc(C(=O)N3CCCCO3)cc2o1. The highest BCUT2D eigenvalue weighted by Gasteiger charge is 2.20. The zero-order valence-corrected chi connectivity index (χ0v) is 12.0. The number of hydrogen-bond acceptors (Lipinski definition) is 5. The number of methoxy groups -OCH3 is 1. The van der Waals surface area contributed by atoms with Crippen molar-refractivity contribution in [3.05, 3.63) is 29.7 Å². The van der Waals surface area contributed by atoms with Crippen LogP contribution in [0.2, 0.25) is 0 Å². The number of rotatable bonds is 4. The third-order valence-corrected chi connectivity index (χ3v) is 3.43. The molecule has 0 bridgehead atoms. The number of oxazole rings is 1. The molecule has 1 amide bonds. The lowest BCUT2D eigenvalue weighted by Gasteiger charge is -2.25. The summed E-state index contributed by atoms with van der Waals surface area (Å²) in [4.78, 5) is 22.1. The number of amides is 1. The van der Waals surface area contributed by atoms with E-state index in [1.807, 2.05) is 0 Å². The lowest BCUT2D eigenvalue weighted by molar-refractivity contribution is -0.144. The summed E-state index contributed by atoms with van der Waals surface area (Å²) >= 11 is 0. The van der Waals surface area contributed by atoms with Crippen molar-refractivity contribution in [3.63, 3.8) is 0 Å². The van der Waals surface area contributed by atoms with Gasteiger partial charge >= 0.3 is 0 Å². The summed E-state index contributed by atoms with van der Waals surface area (Å²) in [5.74, 6) is 0.483. The van der Waals surface area contributed by atoms with Crippen LogP contribution in [0.15, 0.2) is 22.6 Å². The second-order valence-corrected chi connectivity index (χ2v) is 4.98. The molecule has 0 unspecified atom stereocenters. The van der Waals surface area contributed by atoms with Crippen LogP contribution in [0, 0.1) is 0 Å². The Morgan fingerprint density at radius 2 is 2.33 bits per heavy atom. The van der Waals surface area contributed by atoms with Crippen LogP contribution in [0.3, 0.4) is 0 Å².